The van der Waals surface area contributed by atoms with E-state index in [2.05, 4.69) is 11.7 Å². The van der Waals surface area contributed by atoms with Gasteiger partial charge in [0.1, 0.15) is 5.75 Å². The van der Waals surface area contributed by atoms with Crippen LogP contribution >= 0.6 is 0 Å². The third kappa shape index (κ3) is 6.62. The van der Waals surface area contributed by atoms with Gasteiger partial charge in [0.15, 0.2) is 11.6 Å². The zero-order valence-corrected chi connectivity index (χ0v) is 17.4. The monoisotopic (exact) mass is 414 g/mol. The Morgan fingerprint density at radius 1 is 0.828 bits per heavy atom. The van der Waals surface area contributed by atoms with E-state index in [9.17, 15) is 17.6 Å². The Morgan fingerprint density at radius 2 is 1.38 bits per heavy atom. The molecule has 2 aliphatic rings. The van der Waals surface area contributed by atoms with Crippen LogP contribution in [0.3, 0.4) is 0 Å². The molecule has 2 aliphatic carbocycles. The summed E-state index contributed by atoms with van der Waals surface area (Å²) in [5.74, 6) is 0.245. The first-order valence-corrected chi connectivity index (χ1v) is 11.4. The summed E-state index contributed by atoms with van der Waals surface area (Å²) in [6.45, 7) is 2.26. The van der Waals surface area contributed by atoms with Gasteiger partial charge >= 0.3 is 6.11 Å². The maximum absolute atomic E-state index is 14.1. The molecule has 1 aromatic carbocycles. The first-order valence-electron chi connectivity index (χ1n) is 11.4. The highest BCUT2D eigenvalue weighted by Gasteiger charge is 2.35. The van der Waals surface area contributed by atoms with E-state index >= 15 is 0 Å². The molecule has 0 radical (unpaired) electrons. The van der Waals surface area contributed by atoms with E-state index in [0.29, 0.717) is 18.4 Å². The fourth-order valence-electron chi connectivity index (χ4n) is 5.44. The van der Waals surface area contributed by atoms with E-state index in [1.807, 2.05) is 0 Å². The Labute approximate surface area is 172 Å². The largest absolute Gasteiger partial charge is 0.432 e. The number of benzene rings is 1. The van der Waals surface area contributed by atoms with E-state index in [0.717, 1.165) is 55.6 Å². The van der Waals surface area contributed by atoms with Crippen LogP contribution in [0.1, 0.15) is 84.0 Å². The topological polar surface area (TPSA) is 9.23 Å². The number of halogens is 4. The summed E-state index contributed by atoms with van der Waals surface area (Å²) in [4.78, 5) is 0. The molecule has 1 aromatic rings. The van der Waals surface area contributed by atoms with Crippen LogP contribution in [-0.2, 0) is 0 Å². The molecule has 2 fully saturated rings. The molecule has 3 rings (SSSR count). The van der Waals surface area contributed by atoms with Crippen LogP contribution in [0, 0.1) is 35.3 Å². The van der Waals surface area contributed by atoms with Gasteiger partial charge in [0.05, 0.1) is 6.42 Å². The molecule has 0 unspecified atom stereocenters. The van der Waals surface area contributed by atoms with Gasteiger partial charge in [-0.3, -0.25) is 0 Å². The van der Waals surface area contributed by atoms with E-state index in [-0.39, 0.29) is 12.2 Å². The van der Waals surface area contributed by atoms with Gasteiger partial charge in [0, 0.05) is 6.07 Å². The summed E-state index contributed by atoms with van der Waals surface area (Å²) in [7, 11) is 0. The number of ether oxygens (including phenoxy) is 1. The van der Waals surface area contributed by atoms with Gasteiger partial charge < -0.3 is 4.74 Å². The molecular formula is C24H34F4O. The van der Waals surface area contributed by atoms with Crippen LogP contribution in [0.2, 0.25) is 0 Å². The van der Waals surface area contributed by atoms with Crippen LogP contribution in [-0.4, -0.2) is 6.11 Å². The first-order chi connectivity index (χ1) is 13.9. The van der Waals surface area contributed by atoms with Crippen LogP contribution in [0.5, 0.6) is 5.75 Å². The van der Waals surface area contributed by atoms with Gasteiger partial charge in [0.2, 0.25) is 0 Å². The maximum atomic E-state index is 14.1. The third-order valence-corrected chi connectivity index (χ3v) is 7.15. The molecule has 0 aromatic heterocycles. The molecule has 0 spiro atoms. The van der Waals surface area contributed by atoms with E-state index in [1.54, 1.807) is 0 Å². The molecule has 0 aliphatic heterocycles. The van der Waals surface area contributed by atoms with E-state index in [4.69, 9.17) is 0 Å². The van der Waals surface area contributed by atoms with Crippen molar-refractivity contribution in [3.05, 3.63) is 29.8 Å². The Balaban J connectivity index is 1.38. The molecule has 0 atom stereocenters. The molecule has 0 saturated heterocycles. The Morgan fingerprint density at radius 3 is 1.90 bits per heavy atom. The molecule has 0 amide bonds. The number of rotatable bonds is 8. The molecule has 2 saturated carbocycles. The minimum atomic E-state index is -3.36. The van der Waals surface area contributed by atoms with E-state index in [1.165, 1.54) is 38.5 Å². The second-order valence-corrected chi connectivity index (χ2v) is 9.20. The molecule has 0 bridgehead atoms. The standard InChI is InChI=1S/C24H34F4O/c1-2-3-17-4-8-19(9-5-17)20-10-6-18(7-11-20)14-15-24(27,28)29-21-12-13-22(25)23(26)16-21/h12-13,16-20H,2-11,14-15H2,1H3. The van der Waals surface area contributed by atoms with Gasteiger partial charge in [-0.2, -0.15) is 8.78 Å². The van der Waals surface area contributed by atoms with Crippen molar-refractivity contribution in [2.24, 2.45) is 23.7 Å². The predicted molar refractivity (Wildman–Crippen MR) is 107 cm³/mol. The molecule has 29 heavy (non-hydrogen) atoms. The lowest BCUT2D eigenvalue weighted by Crippen LogP contribution is -2.28. The zero-order valence-electron chi connectivity index (χ0n) is 17.4. The zero-order chi connectivity index (χ0) is 20.9. The SMILES string of the molecule is CCCC1CCC(C2CCC(CCC(F)(F)Oc3ccc(F)c(F)c3)CC2)CC1. The van der Waals surface area contributed by atoms with Crippen LogP contribution in [0.25, 0.3) is 0 Å². The normalized spacial score (nSPS) is 28.3. The van der Waals surface area contributed by atoms with Gasteiger partial charge in [0.25, 0.3) is 0 Å². The van der Waals surface area contributed by atoms with Crippen LogP contribution < -0.4 is 4.74 Å². The van der Waals surface area contributed by atoms with Crippen molar-refractivity contribution in [1.29, 1.82) is 0 Å². The summed E-state index contributed by atoms with van der Waals surface area (Å²) < 4.78 is 59.0. The van der Waals surface area contributed by atoms with Crippen molar-refractivity contribution in [3.63, 3.8) is 0 Å². The first kappa shape index (κ1) is 22.4. The second kappa shape index (κ2) is 10.2. The maximum Gasteiger partial charge on any atom is 0.397 e. The van der Waals surface area contributed by atoms with Gasteiger partial charge in [-0.25, -0.2) is 8.78 Å². The number of hydrogen-bond acceptors (Lipinski definition) is 1. The molecule has 5 heteroatoms. The average Bonchev–Trinajstić information content (AvgIpc) is 2.70. The summed E-state index contributed by atoms with van der Waals surface area (Å²) in [6.07, 6.45) is 9.08. The minimum absolute atomic E-state index is 0.308. The Hall–Kier alpha value is -1.26. The van der Waals surface area contributed by atoms with Crippen LogP contribution in [0.15, 0.2) is 18.2 Å². The quantitative estimate of drug-likeness (QED) is 0.390. The van der Waals surface area contributed by atoms with Crippen molar-refractivity contribution in [2.75, 3.05) is 0 Å². The van der Waals surface area contributed by atoms with Crippen molar-refractivity contribution in [1.82, 2.24) is 0 Å². The smallest absolute Gasteiger partial charge is 0.397 e. The minimum Gasteiger partial charge on any atom is -0.432 e. The number of alkyl halides is 2. The number of hydrogen-bond donors (Lipinski definition) is 0. The van der Waals surface area contributed by atoms with Crippen molar-refractivity contribution in [3.8, 4) is 5.75 Å². The predicted octanol–water partition coefficient (Wildman–Crippen LogP) is 8.13. The van der Waals surface area contributed by atoms with Gasteiger partial charge in [-0.15, -0.1) is 0 Å². The van der Waals surface area contributed by atoms with E-state index < -0.39 is 17.7 Å². The lowest BCUT2D eigenvalue weighted by Gasteiger charge is -2.38. The highest BCUT2D eigenvalue weighted by molar-refractivity contribution is 5.23. The molecule has 0 heterocycles. The Bertz CT molecular complexity index is 632. The van der Waals surface area contributed by atoms with Crippen molar-refractivity contribution < 1.29 is 22.3 Å². The van der Waals surface area contributed by atoms with Crippen molar-refractivity contribution >= 4 is 0 Å². The second-order valence-electron chi connectivity index (χ2n) is 9.20. The molecule has 0 N–H and O–H groups in total. The lowest BCUT2D eigenvalue weighted by molar-refractivity contribution is -0.183. The van der Waals surface area contributed by atoms with Gasteiger partial charge in [-0.1, -0.05) is 45.4 Å². The highest BCUT2D eigenvalue weighted by Crippen LogP contribution is 2.43. The molecule has 164 valence electrons. The van der Waals surface area contributed by atoms with Crippen LogP contribution in [0.4, 0.5) is 17.6 Å². The Kier molecular flexibility index (Phi) is 7.86. The lowest BCUT2D eigenvalue weighted by atomic mass is 9.68. The fourth-order valence-corrected chi connectivity index (χ4v) is 5.44. The summed E-state index contributed by atoms with van der Waals surface area (Å²) in [5.41, 5.74) is 0. The fraction of sp³-hybridized carbons (Fsp3) is 0.750. The summed E-state index contributed by atoms with van der Waals surface area (Å²) in [5, 5.41) is 0. The molecule has 1 nitrogen and oxygen atoms in total. The summed E-state index contributed by atoms with van der Waals surface area (Å²) >= 11 is 0. The third-order valence-electron chi connectivity index (χ3n) is 7.15. The summed E-state index contributed by atoms with van der Waals surface area (Å²) in [6, 6.07) is 2.51. The average molecular weight is 415 g/mol. The van der Waals surface area contributed by atoms with Gasteiger partial charge in [-0.05, 0) is 67.9 Å². The molecular weight excluding hydrogens is 380 g/mol. The highest BCUT2D eigenvalue weighted by atomic mass is 19.3. The van der Waals surface area contributed by atoms with Crippen molar-refractivity contribution in [2.45, 2.75) is 90.1 Å².